The zero-order valence-electron chi connectivity index (χ0n) is 10.2. The summed E-state index contributed by atoms with van der Waals surface area (Å²) in [5.41, 5.74) is -0.364. The zero-order chi connectivity index (χ0) is 14.2. The number of halogens is 2. The van der Waals surface area contributed by atoms with Gasteiger partial charge in [0.25, 0.3) is 5.79 Å². The van der Waals surface area contributed by atoms with Gasteiger partial charge in [-0.3, -0.25) is 0 Å². The van der Waals surface area contributed by atoms with Crippen LogP contribution in [0.3, 0.4) is 0 Å². The van der Waals surface area contributed by atoms with Crippen molar-refractivity contribution in [1.29, 1.82) is 0 Å². The Hall–Kier alpha value is -1.88. The van der Waals surface area contributed by atoms with Crippen LogP contribution < -0.4 is 0 Å². The van der Waals surface area contributed by atoms with Gasteiger partial charge in [-0.25, -0.2) is 14.0 Å². The fourth-order valence-corrected chi connectivity index (χ4v) is 1.75. The molecule has 100 valence electrons. The Labute approximate surface area is 113 Å². The Bertz CT molecular complexity index is 570. The maximum absolute atomic E-state index is 13.7. The van der Waals surface area contributed by atoms with Crippen LogP contribution in [0.4, 0.5) is 4.39 Å². The van der Waals surface area contributed by atoms with E-state index in [0.717, 1.165) is 6.08 Å². The van der Waals surface area contributed by atoms with Crippen LogP contribution >= 0.6 is 11.6 Å². The van der Waals surface area contributed by atoms with Crippen LogP contribution in [0.2, 0.25) is 5.02 Å². The number of rotatable bonds is 1. The molecule has 1 saturated heterocycles. The molecule has 0 atom stereocenters. The summed E-state index contributed by atoms with van der Waals surface area (Å²) in [5, 5.41) is -0.104. The monoisotopic (exact) mass is 284 g/mol. The first-order valence-electron chi connectivity index (χ1n) is 5.42. The molecular formula is C13H10ClFO4. The predicted molar refractivity (Wildman–Crippen MR) is 65.7 cm³/mol. The number of hydrogen-bond donors (Lipinski definition) is 0. The lowest BCUT2D eigenvalue weighted by molar-refractivity contribution is -0.222. The fraction of sp³-hybridized carbons (Fsp3) is 0.231. The van der Waals surface area contributed by atoms with Crippen LogP contribution in [0.25, 0.3) is 6.08 Å². The van der Waals surface area contributed by atoms with E-state index in [-0.39, 0.29) is 16.2 Å². The van der Waals surface area contributed by atoms with Crippen molar-refractivity contribution in [3.63, 3.8) is 0 Å². The summed E-state index contributed by atoms with van der Waals surface area (Å²) in [4.78, 5) is 23.3. The van der Waals surface area contributed by atoms with Crippen LogP contribution in [0, 0.1) is 5.82 Å². The third kappa shape index (κ3) is 2.76. The van der Waals surface area contributed by atoms with Gasteiger partial charge in [0, 0.05) is 19.4 Å². The molecule has 0 spiro atoms. The highest BCUT2D eigenvalue weighted by molar-refractivity contribution is 6.31. The van der Waals surface area contributed by atoms with Gasteiger partial charge in [-0.1, -0.05) is 23.7 Å². The Morgan fingerprint density at radius 1 is 1.21 bits per heavy atom. The maximum atomic E-state index is 13.7. The molecule has 0 radical (unpaired) electrons. The van der Waals surface area contributed by atoms with Crippen LogP contribution in [0.1, 0.15) is 19.4 Å². The smallest absolute Gasteiger partial charge is 0.348 e. The van der Waals surface area contributed by atoms with Crippen molar-refractivity contribution in [2.45, 2.75) is 19.6 Å². The highest BCUT2D eigenvalue weighted by Gasteiger charge is 2.38. The summed E-state index contributed by atoms with van der Waals surface area (Å²) in [6.07, 6.45) is 1.06. The molecule has 1 aromatic rings. The first-order valence-corrected chi connectivity index (χ1v) is 5.80. The molecule has 1 aliphatic rings. The third-order valence-electron chi connectivity index (χ3n) is 2.40. The zero-order valence-corrected chi connectivity index (χ0v) is 11.0. The van der Waals surface area contributed by atoms with Crippen molar-refractivity contribution in [2.24, 2.45) is 0 Å². The molecule has 1 aliphatic heterocycles. The molecule has 0 amide bonds. The number of carbonyl (C=O) groups is 2. The van der Waals surface area contributed by atoms with Crippen LogP contribution in [-0.2, 0) is 19.1 Å². The first-order chi connectivity index (χ1) is 8.80. The van der Waals surface area contributed by atoms with Gasteiger partial charge in [0.15, 0.2) is 0 Å². The van der Waals surface area contributed by atoms with E-state index in [2.05, 4.69) is 0 Å². The van der Waals surface area contributed by atoms with Crippen LogP contribution in [-0.4, -0.2) is 17.7 Å². The van der Waals surface area contributed by atoms with Gasteiger partial charge < -0.3 is 9.47 Å². The second-order valence-electron chi connectivity index (χ2n) is 4.38. The topological polar surface area (TPSA) is 52.6 Å². The van der Waals surface area contributed by atoms with Gasteiger partial charge in [0.05, 0.1) is 5.02 Å². The molecule has 0 aliphatic carbocycles. The number of ether oxygens (including phenoxy) is 2. The molecule has 0 bridgehead atoms. The lowest BCUT2D eigenvalue weighted by atomic mass is 10.1. The summed E-state index contributed by atoms with van der Waals surface area (Å²) in [5.74, 6) is -3.76. The second-order valence-corrected chi connectivity index (χ2v) is 4.79. The van der Waals surface area contributed by atoms with Gasteiger partial charge in [-0.2, -0.15) is 0 Å². The minimum atomic E-state index is -1.32. The quantitative estimate of drug-likeness (QED) is 0.452. The summed E-state index contributed by atoms with van der Waals surface area (Å²) in [7, 11) is 0. The van der Waals surface area contributed by atoms with Crippen molar-refractivity contribution in [3.8, 4) is 0 Å². The van der Waals surface area contributed by atoms with Gasteiger partial charge in [-0.15, -0.1) is 0 Å². The Morgan fingerprint density at radius 2 is 1.79 bits per heavy atom. The Morgan fingerprint density at radius 3 is 2.37 bits per heavy atom. The van der Waals surface area contributed by atoms with Crippen molar-refractivity contribution in [3.05, 3.63) is 40.2 Å². The van der Waals surface area contributed by atoms with E-state index in [1.807, 2.05) is 0 Å². The fourth-order valence-electron chi connectivity index (χ4n) is 1.57. The molecule has 4 nitrogen and oxygen atoms in total. The lowest BCUT2D eigenvalue weighted by Crippen LogP contribution is -2.41. The van der Waals surface area contributed by atoms with E-state index in [9.17, 15) is 14.0 Å². The highest BCUT2D eigenvalue weighted by Crippen LogP contribution is 2.26. The molecule has 1 heterocycles. The van der Waals surface area contributed by atoms with Crippen molar-refractivity contribution < 1.29 is 23.5 Å². The van der Waals surface area contributed by atoms with E-state index in [1.165, 1.54) is 32.0 Å². The average Bonchev–Trinajstić information content (AvgIpc) is 2.27. The molecule has 1 aromatic carbocycles. The van der Waals surface area contributed by atoms with Crippen molar-refractivity contribution in [1.82, 2.24) is 0 Å². The summed E-state index contributed by atoms with van der Waals surface area (Å²) >= 11 is 5.61. The number of carbonyl (C=O) groups excluding carboxylic acids is 2. The molecule has 0 aromatic heterocycles. The number of cyclic esters (lactones) is 2. The van der Waals surface area contributed by atoms with Gasteiger partial charge in [0.1, 0.15) is 11.4 Å². The SMILES string of the molecule is CC1(C)OC(=O)C(=Cc2cccc(Cl)c2F)C(=O)O1. The van der Waals surface area contributed by atoms with Gasteiger partial charge in [-0.05, 0) is 12.1 Å². The normalized spacial score (nSPS) is 17.8. The molecule has 6 heteroatoms. The van der Waals surface area contributed by atoms with Crippen LogP contribution in [0.15, 0.2) is 23.8 Å². The minimum Gasteiger partial charge on any atom is -0.419 e. The molecule has 0 saturated carbocycles. The van der Waals surface area contributed by atoms with Gasteiger partial charge >= 0.3 is 11.9 Å². The third-order valence-corrected chi connectivity index (χ3v) is 2.69. The van der Waals surface area contributed by atoms with E-state index < -0.39 is 23.5 Å². The lowest BCUT2D eigenvalue weighted by Gasteiger charge is -2.29. The van der Waals surface area contributed by atoms with Crippen LogP contribution in [0.5, 0.6) is 0 Å². The summed E-state index contributed by atoms with van der Waals surface area (Å²) < 4.78 is 23.5. The Balaban J connectivity index is 2.41. The molecule has 0 unspecified atom stereocenters. The molecule has 2 rings (SSSR count). The molecular weight excluding hydrogens is 275 g/mol. The first kappa shape index (κ1) is 13.5. The number of esters is 2. The van der Waals surface area contributed by atoms with Gasteiger partial charge in [0.2, 0.25) is 0 Å². The Kier molecular flexibility index (Phi) is 3.32. The largest absolute Gasteiger partial charge is 0.419 e. The van der Waals surface area contributed by atoms with E-state index in [4.69, 9.17) is 21.1 Å². The highest BCUT2D eigenvalue weighted by atomic mass is 35.5. The van der Waals surface area contributed by atoms with Crippen molar-refractivity contribution in [2.75, 3.05) is 0 Å². The molecule has 19 heavy (non-hydrogen) atoms. The summed E-state index contributed by atoms with van der Waals surface area (Å²) in [6, 6.07) is 4.25. The standard InChI is InChI=1S/C13H10ClFO4/c1-13(2)18-11(16)8(12(17)19-13)6-7-4-3-5-9(14)10(7)15/h3-6H,1-2H3. The molecule has 0 N–H and O–H groups in total. The minimum absolute atomic E-state index is 0.0103. The van der Waals surface area contributed by atoms with E-state index in [0.29, 0.717) is 0 Å². The summed E-state index contributed by atoms with van der Waals surface area (Å²) in [6.45, 7) is 2.86. The second kappa shape index (κ2) is 4.66. The van der Waals surface area contributed by atoms with E-state index in [1.54, 1.807) is 0 Å². The number of benzene rings is 1. The van der Waals surface area contributed by atoms with Crippen molar-refractivity contribution >= 4 is 29.6 Å². The predicted octanol–water partition coefficient (Wildman–Crippen LogP) is 2.70. The van der Waals surface area contributed by atoms with E-state index >= 15 is 0 Å². The maximum Gasteiger partial charge on any atom is 0.348 e. The number of hydrogen-bond acceptors (Lipinski definition) is 4. The average molecular weight is 285 g/mol. The molecule has 1 fully saturated rings.